The first-order chi connectivity index (χ1) is 15.6. The molecule has 1 N–H and O–H groups in total. The highest BCUT2D eigenvalue weighted by molar-refractivity contribution is 7.80. The third-order valence-electron chi connectivity index (χ3n) is 6.63. The Balaban J connectivity index is 1.59. The number of aryl methyl sites for hydroxylation is 1. The van der Waals surface area contributed by atoms with Gasteiger partial charge in [0.1, 0.15) is 0 Å². The van der Waals surface area contributed by atoms with E-state index in [4.69, 9.17) is 21.7 Å². The van der Waals surface area contributed by atoms with Gasteiger partial charge in [-0.05, 0) is 56.2 Å². The summed E-state index contributed by atoms with van der Waals surface area (Å²) in [6.45, 7) is 11.6. The van der Waals surface area contributed by atoms with Gasteiger partial charge in [0.05, 0.1) is 37.6 Å². The van der Waals surface area contributed by atoms with Crippen LogP contribution < -0.4 is 5.32 Å². The fraction of sp³-hybridized carbons (Fsp3) is 0.583. The van der Waals surface area contributed by atoms with E-state index in [2.05, 4.69) is 50.6 Å². The Morgan fingerprint density at radius 2 is 2.00 bits per heavy atom. The molecule has 2 saturated heterocycles. The van der Waals surface area contributed by atoms with Crippen LogP contribution in [0.3, 0.4) is 0 Å². The van der Waals surface area contributed by atoms with Crippen LogP contribution in [0.5, 0.6) is 0 Å². The van der Waals surface area contributed by atoms with Crippen molar-refractivity contribution in [1.82, 2.24) is 24.7 Å². The number of hydrogen-bond acceptors (Lipinski definition) is 5. The predicted octanol–water partition coefficient (Wildman–Crippen LogP) is 2.84. The Kier molecular flexibility index (Phi) is 7.78. The fourth-order valence-electron chi connectivity index (χ4n) is 4.93. The van der Waals surface area contributed by atoms with Crippen molar-refractivity contribution in [1.29, 1.82) is 0 Å². The van der Waals surface area contributed by atoms with Gasteiger partial charge in [0.15, 0.2) is 5.11 Å². The molecule has 8 heteroatoms. The van der Waals surface area contributed by atoms with E-state index in [1.807, 2.05) is 18.3 Å². The number of pyridine rings is 1. The molecule has 4 heterocycles. The van der Waals surface area contributed by atoms with Gasteiger partial charge in [-0.1, -0.05) is 6.07 Å². The smallest absolute Gasteiger partial charge is 0.170 e. The van der Waals surface area contributed by atoms with E-state index in [1.165, 1.54) is 17.0 Å². The van der Waals surface area contributed by atoms with Crippen LogP contribution in [0.4, 0.5) is 0 Å². The van der Waals surface area contributed by atoms with Crippen LogP contribution in [-0.2, 0) is 16.0 Å². The molecule has 2 aliphatic heterocycles. The highest BCUT2D eigenvalue weighted by atomic mass is 32.1. The summed E-state index contributed by atoms with van der Waals surface area (Å²) in [6.07, 6.45) is 2.93. The number of methoxy groups -OCH3 is 1. The molecule has 0 aromatic carbocycles. The lowest BCUT2D eigenvalue weighted by molar-refractivity contribution is 0.0365. The van der Waals surface area contributed by atoms with Crippen molar-refractivity contribution in [3.05, 3.63) is 53.1 Å². The van der Waals surface area contributed by atoms with Gasteiger partial charge in [-0.3, -0.25) is 9.88 Å². The second-order valence-corrected chi connectivity index (χ2v) is 8.99. The number of morpholine rings is 1. The molecule has 2 atom stereocenters. The van der Waals surface area contributed by atoms with Crippen LogP contribution in [0.15, 0.2) is 30.5 Å². The van der Waals surface area contributed by atoms with Crippen LogP contribution in [-0.4, -0.2) is 77.6 Å². The quantitative estimate of drug-likeness (QED) is 0.581. The molecule has 7 nitrogen and oxygen atoms in total. The number of rotatable bonds is 9. The van der Waals surface area contributed by atoms with Crippen LogP contribution in [0, 0.1) is 13.8 Å². The lowest BCUT2D eigenvalue weighted by Crippen LogP contribution is -2.39. The molecule has 0 spiro atoms. The van der Waals surface area contributed by atoms with Crippen molar-refractivity contribution in [3.8, 4) is 0 Å². The molecule has 0 bridgehead atoms. The largest absolute Gasteiger partial charge is 0.383 e. The molecular formula is C24H35N5O2S. The molecule has 0 radical (unpaired) electrons. The highest BCUT2D eigenvalue weighted by Gasteiger charge is 2.41. The number of hydrogen-bond donors (Lipinski definition) is 1. The van der Waals surface area contributed by atoms with Crippen molar-refractivity contribution < 1.29 is 9.47 Å². The van der Waals surface area contributed by atoms with Crippen LogP contribution in [0.25, 0.3) is 0 Å². The van der Waals surface area contributed by atoms with Crippen molar-refractivity contribution in [3.63, 3.8) is 0 Å². The molecule has 2 aliphatic rings. The van der Waals surface area contributed by atoms with Crippen LogP contribution >= 0.6 is 12.2 Å². The van der Waals surface area contributed by atoms with Gasteiger partial charge in [0.25, 0.3) is 0 Å². The van der Waals surface area contributed by atoms with Gasteiger partial charge in [-0.15, -0.1) is 0 Å². The maximum Gasteiger partial charge on any atom is 0.170 e. The molecule has 2 fully saturated rings. The zero-order valence-corrected chi connectivity index (χ0v) is 20.2. The summed E-state index contributed by atoms with van der Waals surface area (Å²) in [4.78, 5) is 9.53. The summed E-state index contributed by atoms with van der Waals surface area (Å²) in [5.41, 5.74) is 4.86. The van der Waals surface area contributed by atoms with Crippen molar-refractivity contribution in [2.24, 2.45) is 0 Å². The lowest BCUT2D eigenvalue weighted by atomic mass is 9.96. The molecule has 32 heavy (non-hydrogen) atoms. The summed E-state index contributed by atoms with van der Waals surface area (Å²) in [5, 5.41) is 4.40. The van der Waals surface area contributed by atoms with E-state index in [9.17, 15) is 0 Å². The maximum atomic E-state index is 5.84. The first-order valence-corrected chi connectivity index (χ1v) is 11.9. The summed E-state index contributed by atoms with van der Waals surface area (Å²) in [5.74, 6) is 0. The summed E-state index contributed by atoms with van der Waals surface area (Å²) in [7, 11) is 1.75. The van der Waals surface area contributed by atoms with E-state index in [0.29, 0.717) is 6.61 Å². The molecular weight excluding hydrogens is 422 g/mol. The van der Waals surface area contributed by atoms with Gasteiger partial charge in [-0.2, -0.15) is 0 Å². The minimum atomic E-state index is 0.0310. The van der Waals surface area contributed by atoms with Gasteiger partial charge in [0, 0.05) is 57.4 Å². The normalized spacial score (nSPS) is 21.8. The monoisotopic (exact) mass is 457 g/mol. The molecule has 4 rings (SSSR count). The van der Waals surface area contributed by atoms with E-state index in [1.54, 1.807) is 7.11 Å². The number of nitrogens with zero attached hydrogens (tertiary/aromatic N) is 4. The molecule has 0 amide bonds. The average molecular weight is 458 g/mol. The molecule has 0 saturated carbocycles. The number of thiocarbonyl (C=S) groups is 1. The summed E-state index contributed by atoms with van der Waals surface area (Å²) < 4.78 is 13.2. The van der Waals surface area contributed by atoms with Crippen LogP contribution in [0.2, 0.25) is 0 Å². The third kappa shape index (κ3) is 4.98. The van der Waals surface area contributed by atoms with E-state index >= 15 is 0 Å². The molecule has 2 aromatic rings. The molecule has 0 unspecified atom stereocenters. The van der Waals surface area contributed by atoms with Crippen molar-refractivity contribution in [2.75, 3.05) is 53.1 Å². The zero-order valence-electron chi connectivity index (χ0n) is 19.4. The molecule has 2 aromatic heterocycles. The van der Waals surface area contributed by atoms with E-state index in [0.717, 1.165) is 63.2 Å². The number of aromatic nitrogens is 2. The number of ether oxygens (including phenoxy) is 2. The minimum absolute atomic E-state index is 0.0310. The average Bonchev–Trinajstić information content (AvgIpc) is 3.29. The SMILES string of the molecule is COCCn1c(C)cc([C@@H]2[C@H](c3ccccn3)NC(=S)N2CCCN2CCOCC2)c1C. The highest BCUT2D eigenvalue weighted by Crippen LogP contribution is 2.40. The number of nitrogens with one attached hydrogen (secondary N) is 1. The second-order valence-electron chi connectivity index (χ2n) is 8.60. The Morgan fingerprint density at radius 1 is 1.19 bits per heavy atom. The first kappa shape index (κ1) is 23.2. The first-order valence-electron chi connectivity index (χ1n) is 11.5. The Hall–Kier alpha value is -2.00. The zero-order chi connectivity index (χ0) is 22.5. The minimum Gasteiger partial charge on any atom is -0.383 e. The predicted molar refractivity (Wildman–Crippen MR) is 130 cm³/mol. The Bertz CT molecular complexity index is 897. The van der Waals surface area contributed by atoms with Crippen molar-refractivity contribution >= 4 is 17.3 Å². The Labute approximate surface area is 196 Å². The second kappa shape index (κ2) is 10.7. The third-order valence-corrected chi connectivity index (χ3v) is 6.98. The van der Waals surface area contributed by atoms with Crippen molar-refractivity contribution in [2.45, 2.75) is 38.9 Å². The summed E-state index contributed by atoms with van der Waals surface area (Å²) >= 11 is 5.84. The van der Waals surface area contributed by atoms with Gasteiger partial charge in [0.2, 0.25) is 0 Å². The molecule has 0 aliphatic carbocycles. The van der Waals surface area contributed by atoms with Crippen LogP contribution in [0.1, 0.15) is 41.1 Å². The van der Waals surface area contributed by atoms with E-state index in [-0.39, 0.29) is 12.1 Å². The maximum absolute atomic E-state index is 5.84. The Morgan fingerprint density at radius 3 is 2.72 bits per heavy atom. The lowest BCUT2D eigenvalue weighted by Gasteiger charge is -2.30. The van der Waals surface area contributed by atoms with Gasteiger partial charge >= 0.3 is 0 Å². The standard InChI is InChI=1S/C24H35N5O2S/c1-18-17-20(19(2)28(18)13-14-30-3)23-22(21-7-4-5-8-25-21)26-24(32)29(23)10-6-9-27-11-15-31-16-12-27/h4-5,7-8,17,22-23H,6,9-16H2,1-3H3,(H,26,32)/t22-,23+/m0/s1. The molecule has 174 valence electrons. The topological polar surface area (TPSA) is 54.8 Å². The fourth-order valence-corrected chi connectivity index (χ4v) is 5.26. The van der Waals surface area contributed by atoms with Gasteiger partial charge in [-0.25, -0.2) is 0 Å². The summed E-state index contributed by atoms with van der Waals surface area (Å²) in [6, 6.07) is 8.56. The van der Waals surface area contributed by atoms with Gasteiger partial charge < -0.3 is 24.3 Å². The van der Waals surface area contributed by atoms with E-state index < -0.39 is 0 Å².